The minimum absolute atomic E-state index is 0.0517. The molecule has 1 fully saturated rings. The number of hydrogen-bond acceptors (Lipinski definition) is 5. The molecule has 1 amide bonds. The summed E-state index contributed by atoms with van der Waals surface area (Å²) < 4.78 is 16.7. The molecule has 1 aliphatic heterocycles. The quantitative estimate of drug-likeness (QED) is 0.750. The fourth-order valence-corrected chi connectivity index (χ4v) is 3.82. The molecule has 6 nitrogen and oxygen atoms in total. The van der Waals surface area contributed by atoms with E-state index in [0.29, 0.717) is 19.0 Å². The number of esters is 1. The number of carbonyl (C=O) groups is 2. The molecule has 154 valence electrons. The van der Waals surface area contributed by atoms with Gasteiger partial charge in [-0.15, -0.1) is 0 Å². The number of ether oxygens (including phenoxy) is 3. The van der Waals surface area contributed by atoms with E-state index in [2.05, 4.69) is 5.32 Å². The summed E-state index contributed by atoms with van der Waals surface area (Å²) in [6.07, 6.45) is 5.88. The minimum atomic E-state index is -0.282. The van der Waals surface area contributed by atoms with Crippen LogP contribution in [0.2, 0.25) is 0 Å². The summed E-state index contributed by atoms with van der Waals surface area (Å²) in [7, 11) is 0. The molecule has 1 aliphatic carbocycles. The Bertz CT molecular complexity index is 682. The average molecular weight is 389 g/mol. The maximum absolute atomic E-state index is 12.4. The SMILES string of the molecule is CC(C)[C@@H](NC(=O)COC(=O)C1CCCCC1)c1ccc2c(c1)OCCCO2. The number of carbonyl (C=O) groups excluding carboxylic acids is 2. The Labute approximate surface area is 166 Å². The van der Waals surface area contributed by atoms with Crippen LogP contribution in [0.4, 0.5) is 0 Å². The Kier molecular flexibility index (Phi) is 7.18. The van der Waals surface area contributed by atoms with Crippen LogP contribution in [0.3, 0.4) is 0 Å². The largest absolute Gasteiger partial charge is 0.490 e. The molecule has 1 N–H and O–H groups in total. The number of rotatable bonds is 6. The Hall–Kier alpha value is -2.24. The van der Waals surface area contributed by atoms with Crippen molar-refractivity contribution in [3.05, 3.63) is 23.8 Å². The smallest absolute Gasteiger partial charge is 0.309 e. The molecule has 0 radical (unpaired) electrons. The molecule has 1 heterocycles. The molecule has 1 aromatic rings. The van der Waals surface area contributed by atoms with Gasteiger partial charge in [0.1, 0.15) is 0 Å². The normalized spacial score (nSPS) is 18.2. The van der Waals surface area contributed by atoms with Crippen molar-refractivity contribution in [1.82, 2.24) is 5.32 Å². The van der Waals surface area contributed by atoms with Crippen molar-refractivity contribution in [2.45, 2.75) is 58.4 Å². The third kappa shape index (κ3) is 5.40. The van der Waals surface area contributed by atoms with E-state index in [4.69, 9.17) is 14.2 Å². The zero-order valence-electron chi connectivity index (χ0n) is 16.9. The highest BCUT2D eigenvalue weighted by atomic mass is 16.5. The van der Waals surface area contributed by atoms with Crippen molar-refractivity contribution >= 4 is 11.9 Å². The Balaban J connectivity index is 1.59. The van der Waals surface area contributed by atoms with Crippen LogP contribution < -0.4 is 14.8 Å². The second-order valence-electron chi connectivity index (χ2n) is 7.99. The fraction of sp³-hybridized carbons (Fsp3) is 0.636. The van der Waals surface area contributed by atoms with Crippen LogP contribution in [-0.4, -0.2) is 31.7 Å². The summed E-state index contributed by atoms with van der Waals surface area (Å²) in [6, 6.07) is 5.57. The summed E-state index contributed by atoms with van der Waals surface area (Å²) >= 11 is 0. The topological polar surface area (TPSA) is 73.9 Å². The maximum atomic E-state index is 12.4. The van der Waals surface area contributed by atoms with Crippen LogP contribution in [0.25, 0.3) is 0 Å². The molecule has 28 heavy (non-hydrogen) atoms. The number of benzene rings is 1. The molecule has 6 heteroatoms. The number of amides is 1. The predicted molar refractivity (Wildman–Crippen MR) is 105 cm³/mol. The van der Waals surface area contributed by atoms with Crippen LogP contribution in [0, 0.1) is 11.8 Å². The van der Waals surface area contributed by atoms with Crippen LogP contribution in [0.5, 0.6) is 11.5 Å². The van der Waals surface area contributed by atoms with Crippen molar-refractivity contribution in [2.75, 3.05) is 19.8 Å². The van der Waals surface area contributed by atoms with Gasteiger partial charge in [0.05, 0.1) is 25.2 Å². The van der Waals surface area contributed by atoms with Crippen LogP contribution in [0.15, 0.2) is 18.2 Å². The van der Waals surface area contributed by atoms with Gasteiger partial charge in [-0.2, -0.15) is 0 Å². The van der Waals surface area contributed by atoms with Gasteiger partial charge < -0.3 is 19.5 Å². The van der Waals surface area contributed by atoms with Crippen molar-refractivity contribution in [3.63, 3.8) is 0 Å². The van der Waals surface area contributed by atoms with Gasteiger partial charge in [-0.1, -0.05) is 39.2 Å². The summed E-state index contributed by atoms with van der Waals surface area (Å²) in [4.78, 5) is 24.6. The van der Waals surface area contributed by atoms with E-state index in [1.165, 1.54) is 6.42 Å². The Morgan fingerprint density at radius 3 is 2.50 bits per heavy atom. The van der Waals surface area contributed by atoms with Gasteiger partial charge in [0.2, 0.25) is 0 Å². The van der Waals surface area contributed by atoms with E-state index in [9.17, 15) is 9.59 Å². The Morgan fingerprint density at radius 1 is 1.07 bits per heavy atom. The minimum Gasteiger partial charge on any atom is -0.490 e. The molecule has 1 saturated carbocycles. The molecule has 1 atom stereocenters. The first-order chi connectivity index (χ1) is 13.5. The van der Waals surface area contributed by atoms with Gasteiger partial charge in [-0.25, -0.2) is 0 Å². The zero-order chi connectivity index (χ0) is 19.9. The highest BCUT2D eigenvalue weighted by Gasteiger charge is 2.25. The number of nitrogens with one attached hydrogen (secondary N) is 1. The van der Waals surface area contributed by atoms with Gasteiger partial charge in [-0.3, -0.25) is 9.59 Å². The molecule has 2 aliphatic rings. The number of hydrogen-bond donors (Lipinski definition) is 1. The lowest BCUT2D eigenvalue weighted by molar-refractivity contribution is -0.153. The summed E-state index contributed by atoms with van der Waals surface area (Å²) in [5, 5.41) is 3.00. The van der Waals surface area contributed by atoms with Gasteiger partial charge in [0.15, 0.2) is 18.1 Å². The molecule has 0 saturated heterocycles. The van der Waals surface area contributed by atoms with Crippen LogP contribution >= 0.6 is 0 Å². The summed E-state index contributed by atoms with van der Waals surface area (Å²) in [5.41, 5.74) is 0.950. The number of fused-ring (bicyclic) bond motifs is 1. The molecule has 1 aromatic carbocycles. The highest BCUT2D eigenvalue weighted by Crippen LogP contribution is 2.34. The third-order valence-corrected chi connectivity index (χ3v) is 5.40. The second-order valence-corrected chi connectivity index (χ2v) is 7.99. The van der Waals surface area contributed by atoms with E-state index in [-0.39, 0.29) is 36.4 Å². The first-order valence-corrected chi connectivity index (χ1v) is 10.4. The first-order valence-electron chi connectivity index (χ1n) is 10.4. The summed E-state index contributed by atoms with van der Waals surface area (Å²) in [5.74, 6) is 1.03. The van der Waals surface area contributed by atoms with Crippen LogP contribution in [-0.2, 0) is 14.3 Å². The van der Waals surface area contributed by atoms with Gasteiger partial charge in [-0.05, 0) is 36.5 Å². The van der Waals surface area contributed by atoms with E-state index >= 15 is 0 Å². The highest BCUT2D eigenvalue weighted by molar-refractivity contribution is 5.81. The van der Waals surface area contributed by atoms with Crippen molar-refractivity contribution in [3.8, 4) is 11.5 Å². The van der Waals surface area contributed by atoms with Gasteiger partial charge in [0, 0.05) is 6.42 Å². The molecule has 0 unspecified atom stereocenters. The standard InChI is InChI=1S/C22H31NO5/c1-15(2)21(17-9-10-18-19(13-17)27-12-6-11-26-18)23-20(24)14-28-22(25)16-7-4-3-5-8-16/h9-10,13,15-16,21H,3-8,11-12,14H2,1-2H3,(H,23,24)/t21-/m1/s1. The molecule has 0 bridgehead atoms. The zero-order valence-corrected chi connectivity index (χ0v) is 16.9. The Morgan fingerprint density at radius 2 is 1.79 bits per heavy atom. The first kappa shape index (κ1) is 20.5. The lowest BCUT2D eigenvalue weighted by Crippen LogP contribution is -2.35. The maximum Gasteiger partial charge on any atom is 0.309 e. The molecular weight excluding hydrogens is 358 g/mol. The monoisotopic (exact) mass is 389 g/mol. The van der Waals surface area contributed by atoms with E-state index in [0.717, 1.165) is 43.4 Å². The lowest BCUT2D eigenvalue weighted by atomic mass is 9.89. The van der Waals surface area contributed by atoms with E-state index < -0.39 is 0 Å². The molecule has 0 aromatic heterocycles. The third-order valence-electron chi connectivity index (χ3n) is 5.40. The fourth-order valence-electron chi connectivity index (χ4n) is 3.82. The molecular formula is C22H31NO5. The second kappa shape index (κ2) is 9.80. The van der Waals surface area contributed by atoms with Crippen molar-refractivity contribution < 1.29 is 23.8 Å². The van der Waals surface area contributed by atoms with E-state index in [1.807, 2.05) is 32.0 Å². The average Bonchev–Trinajstić information content (AvgIpc) is 2.95. The van der Waals surface area contributed by atoms with Gasteiger partial charge >= 0.3 is 5.97 Å². The molecule has 0 spiro atoms. The molecule has 3 rings (SSSR count). The lowest BCUT2D eigenvalue weighted by Gasteiger charge is -2.24. The predicted octanol–water partition coefficient (Wildman–Crippen LogP) is 3.78. The van der Waals surface area contributed by atoms with E-state index in [1.54, 1.807) is 0 Å². The van der Waals surface area contributed by atoms with Crippen LogP contribution in [0.1, 0.15) is 64.0 Å². The van der Waals surface area contributed by atoms with Crippen molar-refractivity contribution in [1.29, 1.82) is 0 Å². The van der Waals surface area contributed by atoms with Gasteiger partial charge in [0.25, 0.3) is 5.91 Å². The van der Waals surface area contributed by atoms with Crippen molar-refractivity contribution in [2.24, 2.45) is 11.8 Å². The summed E-state index contributed by atoms with van der Waals surface area (Å²) in [6.45, 7) is 5.11.